The number of anilines is 1. The van der Waals surface area contributed by atoms with Crippen molar-refractivity contribution >= 4 is 38.6 Å². The van der Waals surface area contributed by atoms with E-state index in [1.807, 2.05) is 6.07 Å². The molecule has 0 aliphatic rings. The molecule has 0 radical (unpaired) electrons. The quantitative estimate of drug-likeness (QED) is 0.493. The Morgan fingerprint density at radius 1 is 1.07 bits per heavy atom. The van der Waals surface area contributed by atoms with Gasteiger partial charge in [-0.05, 0) is 42.5 Å². The predicted octanol–water partition coefficient (Wildman–Crippen LogP) is 4.60. The molecule has 0 saturated heterocycles. The second-order valence-electron chi connectivity index (χ2n) is 6.42. The van der Waals surface area contributed by atoms with E-state index in [-0.39, 0.29) is 12.1 Å². The van der Waals surface area contributed by atoms with Gasteiger partial charge in [0.25, 0.3) is 11.5 Å². The molecule has 5 nitrogen and oxygen atoms in total. The molecule has 0 saturated carbocycles. The molecule has 1 amide bonds. The summed E-state index contributed by atoms with van der Waals surface area (Å²) in [5.74, 6) is -0.964. The van der Waals surface area contributed by atoms with Gasteiger partial charge in [0, 0.05) is 27.3 Å². The Balaban J connectivity index is 1.81. The van der Waals surface area contributed by atoms with Crippen LogP contribution in [-0.4, -0.2) is 15.5 Å². The lowest BCUT2D eigenvalue weighted by Gasteiger charge is -2.13. The highest BCUT2D eigenvalue weighted by molar-refractivity contribution is 9.10. The third kappa shape index (κ3) is 3.95. The number of hydrogen-bond donors (Lipinski definition) is 1. The van der Waals surface area contributed by atoms with Crippen LogP contribution in [0.4, 0.5) is 10.1 Å². The molecule has 0 atom stereocenters. The van der Waals surface area contributed by atoms with Crippen molar-refractivity contribution in [3.05, 3.63) is 105 Å². The molecule has 29 heavy (non-hydrogen) atoms. The number of carbonyl (C=O) groups is 1. The second-order valence-corrected chi connectivity index (χ2v) is 7.34. The van der Waals surface area contributed by atoms with Gasteiger partial charge >= 0.3 is 0 Å². The molecule has 0 bridgehead atoms. The monoisotopic (exact) mass is 451 g/mol. The number of aromatic nitrogens is 2. The molecular weight excluding hydrogens is 437 g/mol. The second kappa shape index (κ2) is 7.97. The molecular formula is C22H15BrFN3O2. The maximum absolute atomic E-state index is 14.2. The summed E-state index contributed by atoms with van der Waals surface area (Å²) in [6.07, 6.45) is 1.56. The molecule has 0 fully saturated rings. The first kappa shape index (κ1) is 19.0. The van der Waals surface area contributed by atoms with Crippen molar-refractivity contribution in [1.29, 1.82) is 0 Å². The highest BCUT2D eigenvalue weighted by atomic mass is 79.9. The van der Waals surface area contributed by atoms with Crippen LogP contribution in [0.3, 0.4) is 0 Å². The average Bonchev–Trinajstić information content (AvgIpc) is 2.71. The Morgan fingerprint density at radius 2 is 1.90 bits per heavy atom. The number of benzene rings is 2. The third-order valence-corrected chi connectivity index (χ3v) is 4.95. The van der Waals surface area contributed by atoms with Crippen LogP contribution in [-0.2, 0) is 6.54 Å². The number of fused-ring (bicyclic) bond motifs is 1. The summed E-state index contributed by atoms with van der Waals surface area (Å²) in [4.78, 5) is 30.2. The molecule has 4 rings (SSSR count). The summed E-state index contributed by atoms with van der Waals surface area (Å²) in [6.45, 7) is -0.0307. The Labute approximate surface area is 174 Å². The largest absolute Gasteiger partial charge is 0.322 e. The summed E-state index contributed by atoms with van der Waals surface area (Å²) in [6, 6.07) is 18.3. The van der Waals surface area contributed by atoms with Crippen LogP contribution in [0.1, 0.15) is 15.9 Å². The lowest BCUT2D eigenvalue weighted by molar-refractivity contribution is 0.102. The molecule has 2 aromatic carbocycles. The van der Waals surface area contributed by atoms with Crippen LogP contribution in [0, 0.1) is 5.82 Å². The summed E-state index contributed by atoms with van der Waals surface area (Å²) < 4.78 is 16.3. The van der Waals surface area contributed by atoms with Gasteiger partial charge in [0.2, 0.25) is 0 Å². The lowest BCUT2D eigenvalue weighted by atomic mass is 10.1. The lowest BCUT2D eigenvalue weighted by Crippen LogP contribution is -2.30. The van der Waals surface area contributed by atoms with Gasteiger partial charge in [0.05, 0.1) is 6.54 Å². The predicted molar refractivity (Wildman–Crippen MR) is 114 cm³/mol. The van der Waals surface area contributed by atoms with Gasteiger partial charge in [0.15, 0.2) is 0 Å². The molecule has 0 spiro atoms. The summed E-state index contributed by atoms with van der Waals surface area (Å²) >= 11 is 3.35. The topological polar surface area (TPSA) is 64.0 Å². The first-order chi connectivity index (χ1) is 14.0. The van der Waals surface area contributed by atoms with Crippen molar-refractivity contribution in [2.24, 2.45) is 0 Å². The van der Waals surface area contributed by atoms with Gasteiger partial charge in [-0.15, -0.1) is 0 Å². The SMILES string of the molecule is O=C(Nc1cccc(Br)c1)c1cc2cccnc2n(Cc2ccccc2F)c1=O. The zero-order valence-corrected chi connectivity index (χ0v) is 16.7. The van der Waals surface area contributed by atoms with E-state index < -0.39 is 17.3 Å². The van der Waals surface area contributed by atoms with Crippen molar-refractivity contribution in [3.8, 4) is 0 Å². The van der Waals surface area contributed by atoms with E-state index in [0.29, 0.717) is 22.3 Å². The standard InChI is InChI=1S/C22H15BrFN3O2/c23-16-7-3-8-17(12-16)26-21(28)18-11-14-6-4-10-25-20(14)27(22(18)29)13-15-5-1-2-9-19(15)24/h1-12H,13H2,(H,26,28). The van der Waals surface area contributed by atoms with Gasteiger partial charge in [-0.25, -0.2) is 9.37 Å². The van der Waals surface area contributed by atoms with E-state index in [4.69, 9.17) is 0 Å². The number of carbonyl (C=O) groups excluding carboxylic acids is 1. The summed E-state index contributed by atoms with van der Waals surface area (Å²) in [7, 11) is 0. The Kier molecular flexibility index (Phi) is 5.22. The molecule has 0 aliphatic heterocycles. The summed E-state index contributed by atoms with van der Waals surface area (Å²) in [5, 5.41) is 3.34. The fraction of sp³-hybridized carbons (Fsp3) is 0.0455. The fourth-order valence-electron chi connectivity index (χ4n) is 3.08. The number of nitrogens with zero attached hydrogens (tertiary/aromatic N) is 2. The van der Waals surface area contributed by atoms with Gasteiger partial charge in [0.1, 0.15) is 17.0 Å². The van der Waals surface area contributed by atoms with E-state index >= 15 is 0 Å². The number of halogens is 2. The highest BCUT2D eigenvalue weighted by Gasteiger charge is 2.17. The number of hydrogen-bond acceptors (Lipinski definition) is 3. The molecule has 2 aromatic heterocycles. The minimum Gasteiger partial charge on any atom is -0.322 e. The normalized spacial score (nSPS) is 10.8. The van der Waals surface area contributed by atoms with Crippen LogP contribution in [0.2, 0.25) is 0 Å². The molecule has 144 valence electrons. The van der Waals surface area contributed by atoms with Crippen LogP contribution in [0.5, 0.6) is 0 Å². The Bertz CT molecular complexity index is 1290. The van der Waals surface area contributed by atoms with Crippen molar-refractivity contribution < 1.29 is 9.18 Å². The van der Waals surface area contributed by atoms with Crippen molar-refractivity contribution in [1.82, 2.24) is 9.55 Å². The molecule has 0 unspecified atom stereocenters. The van der Waals surface area contributed by atoms with E-state index in [1.165, 1.54) is 16.7 Å². The number of pyridine rings is 2. The summed E-state index contributed by atoms with van der Waals surface area (Å²) in [5.41, 5.74) is 0.704. The van der Waals surface area contributed by atoms with Gasteiger partial charge in [-0.1, -0.05) is 40.2 Å². The Morgan fingerprint density at radius 3 is 2.69 bits per heavy atom. The van der Waals surface area contributed by atoms with Crippen LogP contribution in [0.15, 0.2) is 82.2 Å². The van der Waals surface area contributed by atoms with Crippen molar-refractivity contribution in [2.75, 3.05) is 5.32 Å². The molecule has 1 N–H and O–H groups in total. The minimum absolute atomic E-state index is 0.0307. The third-order valence-electron chi connectivity index (χ3n) is 4.46. The van der Waals surface area contributed by atoms with E-state index in [2.05, 4.69) is 26.2 Å². The smallest absolute Gasteiger partial charge is 0.265 e. The Hall–Kier alpha value is -3.32. The molecule has 0 aliphatic carbocycles. The van der Waals surface area contributed by atoms with Gasteiger partial charge < -0.3 is 5.32 Å². The minimum atomic E-state index is -0.541. The first-order valence-corrected chi connectivity index (χ1v) is 9.61. The van der Waals surface area contributed by atoms with Gasteiger partial charge in [-0.2, -0.15) is 0 Å². The zero-order chi connectivity index (χ0) is 20.4. The highest BCUT2D eigenvalue weighted by Crippen LogP contribution is 2.18. The van der Waals surface area contributed by atoms with Crippen LogP contribution < -0.4 is 10.9 Å². The average molecular weight is 452 g/mol. The van der Waals surface area contributed by atoms with E-state index in [9.17, 15) is 14.0 Å². The number of nitrogens with one attached hydrogen (secondary N) is 1. The van der Waals surface area contributed by atoms with Crippen molar-refractivity contribution in [2.45, 2.75) is 6.54 Å². The number of rotatable bonds is 4. The molecule has 7 heteroatoms. The zero-order valence-electron chi connectivity index (χ0n) is 15.1. The van der Waals surface area contributed by atoms with Crippen molar-refractivity contribution in [3.63, 3.8) is 0 Å². The van der Waals surface area contributed by atoms with E-state index in [1.54, 1.807) is 54.7 Å². The van der Waals surface area contributed by atoms with Crippen LogP contribution in [0.25, 0.3) is 11.0 Å². The maximum Gasteiger partial charge on any atom is 0.265 e. The first-order valence-electron chi connectivity index (χ1n) is 8.82. The molecule has 2 heterocycles. The van der Waals surface area contributed by atoms with Crippen LogP contribution >= 0.6 is 15.9 Å². The van der Waals surface area contributed by atoms with Gasteiger partial charge in [-0.3, -0.25) is 14.2 Å². The molecule has 4 aromatic rings. The maximum atomic E-state index is 14.2. The fourth-order valence-corrected chi connectivity index (χ4v) is 3.48. The van der Waals surface area contributed by atoms with E-state index in [0.717, 1.165) is 4.47 Å². The number of amides is 1.